The Balaban J connectivity index is 1.44. The summed E-state index contributed by atoms with van der Waals surface area (Å²) in [6.07, 6.45) is 1.43. The summed E-state index contributed by atoms with van der Waals surface area (Å²) in [4.78, 5) is 34.5. The quantitative estimate of drug-likeness (QED) is 0.148. The third kappa shape index (κ3) is 6.11. The largest absolute Gasteiger partial charge is 0.493 e. The molecule has 0 atom stereocenters. The monoisotopic (exact) mass is 583 g/mol. The molecule has 0 saturated carbocycles. The number of rotatable bonds is 9. The van der Waals surface area contributed by atoms with E-state index in [0.717, 1.165) is 4.70 Å². The number of methoxy groups -OCH3 is 1. The van der Waals surface area contributed by atoms with Crippen LogP contribution in [0.15, 0.2) is 70.2 Å². The van der Waals surface area contributed by atoms with E-state index in [4.69, 9.17) is 14.6 Å². The molecule has 3 aromatic carbocycles. The number of aromatic carboxylic acids is 1. The number of nitro benzene ring substituents is 1. The number of carbonyl (C=O) groups excluding carboxylic acids is 1. The highest BCUT2D eigenvalue weighted by Gasteiger charge is 2.14. The van der Waals surface area contributed by atoms with Crippen LogP contribution in [0.2, 0.25) is 0 Å². The minimum atomic E-state index is -1.02. The number of hydrazone groups is 1. The second kappa shape index (κ2) is 11.2. The van der Waals surface area contributed by atoms with Gasteiger partial charge in [-0.1, -0.05) is 12.1 Å². The summed E-state index contributed by atoms with van der Waals surface area (Å²) < 4.78 is 12.6. The Kier molecular flexibility index (Phi) is 7.80. The van der Waals surface area contributed by atoms with Gasteiger partial charge in [-0.15, -0.1) is 11.3 Å². The number of carboxylic acid groups (broad SMARTS) is 1. The number of benzene rings is 3. The van der Waals surface area contributed by atoms with Crippen LogP contribution in [0.25, 0.3) is 10.1 Å². The van der Waals surface area contributed by atoms with Crippen LogP contribution < -0.4 is 14.9 Å². The summed E-state index contributed by atoms with van der Waals surface area (Å²) >= 11 is 4.65. The molecule has 188 valence electrons. The van der Waals surface area contributed by atoms with E-state index in [0.29, 0.717) is 37.4 Å². The molecular weight excluding hydrogens is 566 g/mol. The molecule has 0 bridgehead atoms. The molecule has 1 amide bonds. The van der Waals surface area contributed by atoms with Gasteiger partial charge in [-0.2, -0.15) is 5.10 Å². The molecule has 0 fully saturated rings. The number of fused-ring (bicyclic) bond motifs is 1. The zero-order chi connectivity index (χ0) is 26.5. The lowest BCUT2D eigenvalue weighted by Crippen LogP contribution is -2.16. The Morgan fingerprint density at radius 1 is 1.19 bits per heavy atom. The highest BCUT2D eigenvalue weighted by molar-refractivity contribution is 9.10. The van der Waals surface area contributed by atoms with Crippen LogP contribution in [0.5, 0.6) is 11.5 Å². The van der Waals surface area contributed by atoms with Gasteiger partial charge < -0.3 is 14.6 Å². The van der Waals surface area contributed by atoms with E-state index in [-0.39, 0.29) is 17.9 Å². The second-order valence-electron chi connectivity index (χ2n) is 7.62. The Hall–Kier alpha value is -4.29. The zero-order valence-electron chi connectivity index (χ0n) is 19.1. The molecule has 0 unspecified atom stereocenters. The van der Waals surface area contributed by atoms with Crippen molar-refractivity contribution in [1.82, 2.24) is 5.43 Å². The van der Waals surface area contributed by atoms with E-state index in [1.165, 1.54) is 48.9 Å². The normalized spacial score (nSPS) is 11.0. The summed E-state index contributed by atoms with van der Waals surface area (Å²) in [5.41, 5.74) is 3.86. The van der Waals surface area contributed by atoms with Crippen molar-refractivity contribution >= 4 is 61.1 Å². The van der Waals surface area contributed by atoms with Gasteiger partial charge in [0.05, 0.1) is 33.2 Å². The average Bonchev–Trinajstić information content (AvgIpc) is 3.31. The van der Waals surface area contributed by atoms with Gasteiger partial charge in [-0.05, 0) is 63.5 Å². The van der Waals surface area contributed by atoms with Gasteiger partial charge in [0.25, 0.3) is 11.6 Å². The molecule has 0 aliphatic heterocycles. The molecule has 0 aliphatic carbocycles. The molecule has 0 spiro atoms. The molecule has 4 aromatic rings. The molecular formula is C25H18BrN3O7S. The first kappa shape index (κ1) is 25.8. The van der Waals surface area contributed by atoms with Crippen LogP contribution in [-0.2, 0) is 6.61 Å². The van der Waals surface area contributed by atoms with Gasteiger partial charge in [0.15, 0.2) is 11.5 Å². The van der Waals surface area contributed by atoms with Gasteiger partial charge in [-0.3, -0.25) is 14.9 Å². The second-order valence-corrected chi connectivity index (χ2v) is 9.56. The Morgan fingerprint density at radius 2 is 2.00 bits per heavy atom. The summed E-state index contributed by atoms with van der Waals surface area (Å²) in [6.45, 7) is 0.123. The number of carboxylic acids is 1. The van der Waals surface area contributed by atoms with E-state index < -0.39 is 16.8 Å². The van der Waals surface area contributed by atoms with E-state index in [1.807, 2.05) is 0 Å². The van der Waals surface area contributed by atoms with Crippen molar-refractivity contribution in [3.63, 3.8) is 0 Å². The van der Waals surface area contributed by atoms with Gasteiger partial charge in [0.2, 0.25) is 0 Å². The topological polar surface area (TPSA) is 140 Å². The molecule has 1 heterocycles. The number of nitrogens with one attached hydrogen (secondary N) is 1. The smallest absolute Gasteiger partial charge is 0.335 e. The van der Waals surface area contributed by atoms with Crippen LogP contribution in [-0.4, -0.2) is 35.2 Å². The maximum atomic E-state index is 12.5. The number of ether oxygens (including phenoxy) is 2. The summed E-state index contributed by atoms with van der Waals surface area (Å²) in [5.74, 6) is -0.645. The zero-order valence-corrected chi connectivity index (χ0v) is 21.5. The fourth-order valence-corrected chi connectivity index (χ4v) is 4.89. The van der Waals surface area contributed by atoms with Crippen LogP contribution >= 0.6 is 27.3 Å². The number of halogens is 1. The number of carbonyl (C=O) groups is 2. The van der Waals surface area contributed by atoms with Crippen LogP contribution in [0.4, 0.5) is 5.69 Å². The van der Waals surface area contributed by atoms with Gasteiger partial charge in [-0.25, -0.2) is 10.2 Å². The number of hydrogen-bond donors (Lipinski definition) is 2. The standard InChI is InChI=1S/C25H18BrN3O7S/c1-35-20-9-15(8-19(26)23(20)36-13-14-3-2-4-16(7-14)25(31)32)12-27-28-24(30)22-11-17-10-18(29(33)34)5-6-21(17)37-22/h2-12H,13H2,1H3,(H,28,30)(H,31,32)/b27-12-. The minimum Gasteiger partial charge on any atom is -0.493 e. The fraction of sp³-hybridized carbons (Fsp3) is 0.0800. The predicted octanol–water partition coefficient (Wildman–Crippen LogP) is 5.62. The van der Waals surface area contributed by atoms with Crippen molar-refractivity contribution in [3.8, 4) is 11.5 Å². The first-order valence-electron chi connectivity index (χ1n) is 10.6. The van der Waals surface area contributed by atoms with Gasteiger partial charge in [0.1, 0.15) is 6.61 Å². The van der Waals surface area contributed by atoms with Crippen molar-refractivity contribution in [1.29, 1.82) is 0 Å². The molecule has 37 heavy (non-hydrogen) atoms. The van der Waals surface area contributed by atoms with E-state index in [9.17, 15) is 19.7 Å². The maximum absolute atomic E-state index is 12.5. The number of nitrogens with zero attached hydrogens (tertiary/aromatic N) is 2. The highest BCUT2D eigenvalue weighted by atomic mass is 79.9. The number of hydrogen-bond acceptors (Lipinski definition) is 8. The third-order valence-electron chi connectivity index (χ3n) is 5.12. The number of nitro groups is 1. The minimum absolute atomic E-state index is 0.0454. The number of non-ortho nitro benzene ring substituents is 1. The van der Waals surface area contributed by atoms with Crippen LogP contribution in [0.1, 0.15) is 31.2 Å². The lowest BCUT2D eigenvalue weighted by Gasteiger charge is -2.13. The maximum Gasteiger partial charge on any atom is 0.335 e. The molecule has 4 rings (SSSR count). The fourth-order valence-electron chi connectivity index (χ4n) is 3.38. The first-order valence-corrected chi connectivity index (χ1v) is 12.2. The van der Waals surface area contributed by atoms with Crippen LogP contribution in [0, 0.1) is 10.1 Å². The summed E-state index contributed by atoms with van der Waals surface area (Å²) in [7, 11) is 1.48. The van der Waals surface area contributed by atoms with Crippen molar-refractivity contribution in [2.45, 2.75) is 6.61 Å². The lowest BCUT2D eigenvalue weighted by molar-refractivity contribution is -0.384. The van der Waals surface area contributed by atoms with E-state index >= 15 is 0 Å². The number of amides is 1. The predicted molar refractivity (Wildman–Crippen MR) is 142 cm³/mol. The molecule has 2 N–H and O–H groups in total. The van der Waals surface area contributed by atoms with Gasteiger partial charge in [0, 0.05) is 22.2 Å². The van der Waals surface area contributed by atoms with Crippen molar-refractivity contribution < 1.29 is 29.1 Å². The highest BCUT2D eigenvalue weighted by Crippen LogP contribution is 2.37. The third-order valence-corrected chi connectivity index (χ3v) is 6.83. The first-order chi connectivity index (χ1) is 17.7. The Bertz CT molecular complexity index is 1550. The van der Waals surface area contributed by atoms with Crippen molar-refractivity contribution in [3.05, 3.63) is 96.8 Å². The summed E-state index contributed by atoms with van der Waals surface area (Å²) in [6, 6.07) is 15.8. The molecule has 0 aliphatic rings. The van der Waals surface area contributed by atoms with Gasteiger partial charge >= 0.3 is 5.97 Å². The van der Waals surface area contributed by atoms with E-state index in [1.54, 1.807) is 36.4 Å². The molecule has 12 heteroatoms. The summed E-state index contributed by atoms with van der Waals surface area (Å²) in [5, 5.41) is 24.7. The van der Waals surface area contributed by atoms with E-state index in [2.05, 4.69) is 26.5 Å². The van der Waals surface area contributed by atoms with Crippen molar-refractivity contribution in [2.24, 2.45) is 5.10 Å². The number of thiophene rings is 1. The van der Waals surface area contributed by atoms with Crippen molar-refractivity contribution in [2.75, 3.05) is 7.11 Å². The Morgan fingerprint density at radius 3 is 2.73 bits per heavy atom. The molecule has 0 saturated heterocycles. The lowest BCUT2D eigenvalue weighted by atomic mass is 10.1. The Labute approximate surface area is 222 Å². The molecule has 1 aromatic heterocycles. The molecule has 0 radical (unpaired) electrons. The SMILES string of the molecule is COc1cc(/C=N\NC(=O)c2cc3cc([N+](=O)[O-])ccc3s2)cc(Br)c1OCc1cccc(C(=O)O)c1. The van der Waals surface area contributed by atoms with Crippen LogP contribution in [0.3, 0.4) is 0 Å². The average molecular weight is 584 g/mol. The molecule has 10 nitrogen and oxygen atoms in total.